The van der Waals surface area contributed by atoms with Gasteiger partial charge in [-0.2, -0.15) is 0 Å². The van der Waals surface area contributed by atoms with Gasteiger partial charge in [-0.25, -0.2) is 9.59 Å². The molecule has 118 valence electrons. The van der Waals surface area contributed by atoms with Crippen LogP contribution in [0.5, 0.6) is 5.75 Å². The molecule has 0 unspecified atom stereocenters. The molecule has 0 fully saturated rings. The molecule has 0 aromatic heterocycles. The zero-order chi connectivity index (χ0) is 16.8. The summed E-state index contributed by atoms with van der Waals surface area (Å²) in [6.45, 7) is 3.68. The van der Waals surface area contributed by atoms with E-state index in [4.69, 9.17) is 10.5 Å². The summed E-state index contributed by atoms with van der Waals surface area (Å²) < 4.78 is 9.96. The van der Waals surface area contributed by atoms with Crippen LogP contribution in [0.15, 0.2) is 55.1 Å². The molecular formula is C18H17NO4. The fourth-order valence-corrected chi connectivity index (χ4v) is 2.20. The van der Waals surface area contributed by atoms with Gasteiger partial charge in [0.1, 0.15) is 5.75 Å². The van der Waals surface area contributed by atoms with E-state index in [9.17, 15) is 9.59 Å². The van der Waals surface area contributed by atoms with Crippen LogP contribution in [-0.4, -0.2) is 19.0 Å². The molecule has 0 heterocycles. The number of hydrogen-bond acceptors (Lipinski definition) is 5. The first kappa shape index (κ1) is 16.5. The molecule has 0 bridgehead atoms. The summed E-state index contributed by atoms with van der Waals surface area (Å²) in [5.41, 5.74) is 8.54. The molecule has 0 atom stereocenters. The number of rotatable bonds is 5. The zero-order valence-electron chi connectivity index (χ0n) is 12.7. The van der Waals surface area contributed by atoms with Crippen molar-refractivity contribution in [2.45, 2.75) is 6.54 Å². The van der Waals surface area contributed by atoms with Gasteiger partial charge in [-0.05, 0) is 29.3 Å². The first-order valence-electron chi connectivity index (χ1n) is 6.95. The highest BCUT2D eigenvalue weighted by Gasteiger charge is 2.14. The second kappa shape index (κ2) is 7.38. The highest BCUT2D eigenvalue weighted by Crippen LogP contribution is 2.33. The van der Waals surface area contributed by atoms with Gasteiger partial charge in [0, 0.05) is 18.2 Å². The van der Waals surface area contributed by atoms with Crippen molar-refractivity contribution in [2.75, 3.05) is 7.11 Å². The van der Waals surface area contributed by atoms with Crippen molar-refractivity contribution in [3.05, 3.63) is 66.2 Å². The van der Waals surface area contributed by atoms with Gasteiger partial charge in [0.2, 0.25) is 0 Å². The lowest BCUT2D eigenvalue weighted by atomic mass is 9.97. The topological polar surface area (TPSA) is 78.6 Å². The molecule has 2 rings (SSSR count). The minimum absolute atomic E-state index is 0.285. The van der Waals surface area contributed by atoms with Crippen LogP contribution in [-0.2, 0) is 16.1 Å². The average molecular weight is 311 g/mol. The predicted molar refractivity (Wildman–Crippen MR) is 86.9 cm³/mol. The third-order valence-electron chi connectivity index (χ3n) is 3.30. The fraction of sp³-hybridized carbons (Fsp3) is 0.111. The molecule has 0 radical (unpaired) electrons. The normalized spacial score (nSPS) is 10.0. The van der Waals surface area contributed by atoms with Gasteiger partial charge in [-0.15, -0.1) is 0 Å². The summed E-state index contributed by atoms with van der Waals surface area (Å²) in [7, 11) is 1.33. The summed E-state index contributed by atoms with van der Waals surface area (Å²) in [6, 6.07) is 12.1. The smallest absolute Gasteiger partial charge is 0.337 e. The van der Waals surface area contributed by atoms with E-state index in [0.29, 0.717) is 16.9 Å². The molecule has 23 heavy (non-hydrogen) atoms. The number of ether oxygens (including phenoxy) is 2. The number of nitrogens with two attached hydrogens (primary N) is 1. The molecule has 0 saturated heterocycles. The number of hydrogen-bond donors (Lipinski definition) is 1. The zero-order valence-corrected chi connectivity index (χ0v) is 12.7. The van der Waals surface area contributed by atoms with Crippen LogP contribution in [0, 0.1) is 0 Å². The molecule has 5 nitrogen and oxygen atoms in total. The van der Waals surface area contributed by atoms with Crippen LogP contribution in [0.2, 0.25) is 0 Å². The summed E-state index contributed by atoms with van der Waals surface area (Å²) in [4.78, 5) is 23.0. The lowest BCUT2D eigenvalue weighted by molar-refractivity contribution is -0.128. The third-order valence-corrected chi connectivity index (χ3v) is 3.30. The first-order chi connectivity index (χ1) is 11.1. The monoisotopic (exact) mass is 311 g/mol. The summed E-state index contributed by atoms with van der Waals surface area (Å²) >= 11 is 0. The molecule has 2 aromatic carbocycles. The molecule has 0 saturated carbocycles. The van der Waals surface area contributed by atoms with Gasteiger partial charge in [0.15, 0.2) is 0 Å². The second-order valence-corrected chi connectivity index (χ2v) is 4.69. The van der Waals surface area contributed by atoms with Gasteiger partial charge in [0.05, 0.1) is 12.7 Å². The molecule has 0 aliphatic heterocycles. The van der Waals surface area contributed by atoms with Crippen LogP contribution in [0.25, 0.3) is 11.1 Å². The first-order valence-corrected chi connectivity index (χ1v) is 6.95. The Hall–Kier alpha value is -2.92. The maximum atomic E-state index is 11.5. The Balaban J connectivity index is 2.50. The summed E-state index contributed by atoms with van der Waals surface area (Å²) in [5.74, 6) is -0.572. The fourth-order valence-electron chi connectivity index (χ4n) is 2.20. The van der Waals surface area contributed by atoms with Gasteiger partial charge >= 0.3 is 11.9 Å². The minimum Gasteiger partial charge on any atom is -0.465 e. The molecule has 0 aliphatic carbocycles. The van der Waals surface area contributed by atoms with E-state index in [2.05, 4.69) is 11.3 Å². The largest absolute Gasteiger partial charge is 0.465 e. The van der Waals surface area contributed by atoms with E-state index in [0.717, 1.165) is 17.2 Å². The standard InChI is InChI=1S/C18H17NO4/c1-3-16(20)23-15-6-4-5-14(11-19)17(15)12-7-9-13(10-8-12)18(21)22-2/h3-10H,1,11,19H2,2H3. The molecular weight excluding hydrogens is 294 g/mol. The summed E-state index contributed by atoms with van der Waals surface area (Å²) in [5, 5.41) is 0. The van der Waals surface area contributed by atoms with Crippen molar-refractivity contribution in [3.63, 3.8) is 0 Å². The maximum absolute atomic E-state index is 11.5. The van der Waals surface area contributed by atoms with Crippen molar-refractivity contribution in [1.29, 1.82) is 0 Å². The Morgan fingerprint density at radius 2 is 1.87 bits per heavy atom. The molecule has 0 spiro atoms. The van der Waals surface area contributed by atoms with Crippen LogP contribution < -0.4 is 10.5 Å². The van der Waals surface area contributed by atoms with Crippen molar-refractivity contribution in [1.82, 2.24) is 0 Å². The van der Waals surface area contributed by atoms with Gasteiger partial charge < -0.3 is 15.2 Å². The summed E-state index contributed by atoms with van der Waals surface area (Å²) in [6.07, 6.45) is 1.10. The molecule has 2 aromatic rings. The lowest BCUT2D eigenvalue weighted by Gasteiger charge is -2.14. The van der Waals surface area contributed by atoms with Crippen molar-refractivity contribution >= 4 is 11.9 Å². The molecule has 2 N–H and O–H groups in total. The van der Waals surface area contributed by atoms with Crippen molar-refractivity contribution in [3.8, 4) is 16.9 Å². The SMILES string of the molecule is C=CC(=O)Oc1cccc(CN)c1-c1ccc(C(=O)OC)cc1. The number of benzene rings is 2. The molecule has 5 heteroatoms. The van der Waals surface area contributed by atoms with E-state index in [1.165, 1.54) is 7.11 Å². The predicted octanol–water partition coefficient (Wildman–Crippen LogP) is 2.69. The Labute approximate surface area is 134 Å². The number of carbonyl (C=O) groups excluding carboxylic acids is 2. The Bertz CT molecular complexity index is 735. The second-order valence-electron chi connectivity index (χ2n) is 4.69. The van der Waals surface area contributed by atoms with Crippen LogP contribution in [0.4, 0.5) is 0 Å². The Kier molecular flexibility index (Phi) is 5.28. The third kappa shape index (κ3) is 3.64. The van der Waals surface area contributed by atoms with Crippen LogP contribution in [0.1, 0.15) is 15.9 Å². The number of methoxy groups -OCH3 is 1. The van der Waals surface area contributed by atoms with Crippen LogP contribution >= 0.6 is 0 Å². The Morgan fingerprint density at radius 1 is 1.17 bits per heavy atom. The van der Waals surface area contributed by atoms with E-state index in [1.807, 2.05) is 6.07 Å². The van der Waals surface area contributed by atoms with E-state index in [1.54, 1.807) is 36.4 Å². The molecule has 0 aliphatic rings. The molecule has 0 amide bonds. The highest BCUT2D eigenvalue weighted by atomic mass is 16.5. The van der Waals surface area contributed by atoms with E-state index >= 15 is 0 Å². The van der Waals surface area contributed by atoms with E-state index in [-0.39, 0.29) is 6.54 Å². The quantitative estimate of drug-likeness (QED) is 0.522. The van der Waals surface area contributed by atoms with Crippen LogP contribution in [0.3, 0.4) is 0 Å². The van der Waals surface area contributed by atoms with Gasteiger partial charge in [-0.1, -0.05) is 30.8 Å². The minimum atomic E-state index is -0.549. The Morgan fingerprint density at radius 3 is 2.43 bits per heavy atom. The lowest BCUT2D eigenvalue weighted by Crippen LogP contribution is -2.07. The van der Waals surface area contributed by atoms with E-state index < -0.39 is 11.9 Å². The van der Waals surface area contributed by atoms with Crippen molar-refractivity contribution in [2.24, 2.45) is 5.73 Å². The maximum Gasteiger partial charge on any atom is 0.337 e. The van der Waals surface area contributed by atoms with Gasteiger partial charge in [-0.3, -0.25) is 0 Å². The van der Waals surface area contributed by atoms with Gasteiger partial charge in [0.25, 0.3) is 0 Å². The number of carbonyl (C=O) groups is 2. The highest BCUT2D eigenvalue weighted by molar-refractivity contribution is 5.90. The number of esters is 2. The average Bonchev–Trinajstić information content (AvgIpc) is 2.60. The van der Waals surface area contributed by atoms with Crippen molar-refractivity contribution < 1.29 is 19.1 Å².